The number of rotatable bonds is 8. The highest BCUT2D eigenvalue weighted by molar-refractivity contribution is 5.74. The number of nitrogens with zero attached hydrogens (tertiary/aromatic N) is 1. The molecule has 2 amide bonds. The molecule has 1 aliphatic heterocycles. The van der Waals surface area contributed by atoms with Crippen LogP contribution < -0.4 is 10.6 Å². The summed E-state index contributed by atoms with van der Waals surface area (Å²) in [4.78, 5) is 24.0. The Hall–Kier alpha value is -1.38. The van der Waals surface area contributed by atoms with Gasteiger partial charge in [-0.05, 0) is 13.0 Å². The van der Waals surface area contributed by atoms with Gasteiger partial charge in [0, 0.05) is 32.6 Å². The fourth-order valence-electron chi connectivity index (χ4n) is 1.84. The molecule has 0 aliphatic carbocycles. The fraction of sp³-hybridized carbons (Fsp3) is 0.833. The van der Waals surface area contributed by atoms with Gasteiger partial charge in [0.1, 0.15) is 0 Å². The van der Waals surface area contributed by atoms with Gasteiger partial charge in [0.15, 0.2) is 6.10 Å². The molecule has 0 unspecified atom stereocenters. The number of ether oxygens (including phenoxy) is 1. The van der Waals surface area contributed by atoms with Crippen molar-refractivity contribution in [2.24, 2.45) is 0 Å². The van der Waals surface area contributed by atoms with Crippen molar-refractivity contribution in [1.29, 1.82) is 0 Å². The van der Waals surface area contributed by atoms with Gasteiger partial charge in [-0.1, -0.05) is 0 Å². The van der Waals surface area contributed by atoms with Gasteiger partial charge >= 0.3 is 12.0 Å². The summed E-state index contributed by atoms with van der Waals surface area (Å²) < 4.78 is 5.24. The molecular formula is C12H23N3O5. The van der Waals surface area contributed by atoms with Gasteiger partial charge in [0.05, 0.1) is 13.2 Å². The van der Waals surface area contributed by atoms with E-state index in [4.69, 9.17) is 14.9 Å². The maximum absolute atomic E-state index is 11.4. The second-order valence-electron chi connectivity index (χ2n) is 4.63. The highest BCUT2D eigenvalue weighted by Crippen LogP contribution is 1.97. The number of hydrogen-bond donors (Lipinski definition) is 4. The van der Waals surface area contributed by atoms with Gasteiger partial charge in [0.2, 0.25) is 0 Å². The Morgan fingerprint density at radius 2 is 1.85 bits per heavy atom. The molecule has 20 heavy (non-hydrogen) atoms. The lowest BCUT2D eigenvalue weighted by molar-refractivity contribution is -0.146. The van der Waals surface area contributed by atoms with Crippen LogP contribution >= 0.6 is 0 Å². The summed E-state index contributed by atoms with van der Waals surface area (Å²) >= 11 is 0. The molecule has 4 N–H and O–H groups in total. The van der Waals surface area contributed by atoms with Crippen molar-refractivity contribution >= 4 is 12.0 Å². The highest BCUT2D eigenvalue weighted by Gasteiger charge is 2.13. The minimum Gasteiger partial charge on any atom is -0.479 e. The Labute approximate surface area is 118 Å². The van der Waals surface area contributed by atoms with E-state index in [0.29, 0.717) is 6.54 Å². The summed E-state index contributed by atoms with van der Waals surface area (Å²) in [7, 11) is 0. The number of nitrogens with one attached hydrogen (secondary N) is 2. The molecule has 1 aliphatic rings. The second kappa shape index (κ2) is 9.51. The zero-order chi connectivity index (χ0) is 14.8. The first kappa shape index (κ1) is 16.7. The molecule has 8 heteroatoms. The molecule has 0 spiro atoms. The van der Waals surface area contributed by atoms with E-state index in [1.54, 1.807) is 0 Å². The second-order valence-corrected chi connectivity index (χ2v) is 4.63. The summed E-state index contributed by atoms with van der Waals surface area (Å²) in [5.74, 6) is -1.28. The number of morpholine rings is 1. The molecule has 1 rings (SSSR count). The standard InChI is InChI=1S/C12H23N3O5/c16-10(11(17)18)2-4-14-12(19)13-3-1-5-15-6-8-20-9-7-15/h10,16H,1-9H2,(H,17,18)(H2,13,14,19)/t10-/m0/s1. The van der Waals surface area contributed by atoms with Crippen LogP contribution in [0.5, 0.6) is 0 Å². The zero-order valence-corrected chi connectivity index (χ0v) is 11.5. The third-order valence-electron chi connectivity index (χ3n) is 3.03. The summed E-state index contributed by atoms with van der Waals surface area (Å²) in [6, 6.07) is -0.343. The topological polar surface area (TPSA) is 111 Å². The summed E-state index contributed by atoms with van der Waals surface area (Å²) in [6.45, 7) is 4.99. The molecule has 0 aromatic heterocycles. The van der Waals surface area contributed by atoms with Crippen LogP contribution in [0.1, 0.15) is 12.8 Å². The average molecular weight is 289 g/mol. The third-order valence-corrected chi connectivity index (χ3v) is 3.03. The normalized spacial score (nSPS) is 17.4. The summed E-state index contributed by atoms with van der Waals surface area (Å²) in [5, 5.41) is 22.7. The lowest BCUT2D eigenvalue weighted by atomic mass is 10.2. The Morgan fingerprint density at radius 3 is 2.50 bits per heavy atom. The van der Waals surface area contributed by atoms with Crippen LogP contribution in [0.3, 0.4) is 0 Å². The van der Waals surface area contributed by atoms with Gasteiger partial charge in [-0.3, -0.25) is 4.90 Å². The van der Waals surface area contributed by atoms with Crippen molar-refractivity contribution < 1.29 is 24.5 Å². The zero-order valence-electron chi connectivity index (χ0n) is 11.5. The van der Waals surface area contributed by atoms with Crippen molar-refractivity contribution in [3.63, 3.8) is 0 Å². The molecule has 0 aromatic rings. The average Bonchev–Trinajstić information content (AvgIpc) is 2.44. The number of aliphatic hydroxyl groups is 1. The Balaban J connectivity index is 1.95. The molecule has 0 aromatic carbocycles. The highest BCUT2D eigenvalue weighted by atomic mass is 16.5. The van der Waals surface area contributed by atoms with Crippen molar-refractivity contribution in [3.8, 4) is 0 Å². The minimum absolute atomic E-state index is 0.00344. The molecule has 116 valence electrons. The number of amides is 2. The maximum Gasteiger partial charge on any atom is 0.332 e. The number of aliphatic carboxylic acids is 1. The molecule has 1 heterocycles. The largest absolute Gasteiger partial charge is 0.479 e. The minimum atomic E-state index is -1.43. The van der Waals surface area contributed by atoms with Gasteiger partial charge in [-0.15, -0.1) is 0 Å². The van der Waals surface area contributed by atoms with Crippen LogP contribution in [0.15, 0.2) is 0 Å². The number of aliphatic hydroxyl groups excluding tert-OH is 1. The predicted molar refractivity (Wildman–Crippen MR) is 71.5 cm³/mol. The van der Waals surface area contributed by atoms with E-state index in [9.17, 15) is 9.59 Å². The fourth-order valence-corrected chi connectivity index (χ4v) is 1.84. The van der Waals surface area contributed by atoms with E-state index in [1.165, 1.54) is 0 Å². The smallest absolute Gasteiger partial charge is 0.332 e. The molecule has 0 saturated carbocycles. The monoisotopic (exact) mass is 289 g/mol. The Morgan fingerprint density at radius 1 is 1.20 bits per heavy atom. The molecule has 8 nitrogen and oxygen atoms in total. The molecule has 0 radical (unpaired) electrons. The van der Waals surface area contributed by atoms with Crippen molar-refractivity contribution in [2.75, 3.05) is 45.9 Å². The molecule has 1 fully saturated rings. The summed E-state index contributed by atoms with van der Waals surface area (Å²) in [5.41, 5.74) is 0. The van der Waals surface area contributed by atoms with Crippen LogP contribution in [0.2, 0.25) is 0 Å². The van der Waals surface area contributed by atoms with Gasteiger partial charge in [-0.2, -0.15) is 0 Å². The van der Waals surface area contributed by atoms with Crippen LogP contribution in [0.4, 0.5) is 4.79 Å². The van der Waals surface area contributed by atoms with E-state index < -0.39 is 12.1 Å². The van der Waals surface area contributed by atoms with E-state index in [-0.39, 0.29) is 19.0 Å². The first-order chi connectivity index (χ1) is 9.59. The molecule has 0 bridgehead atoms. The van der Waals surface area contributed by atoms with E-state index in [1.807, 2.05) is 0 Å². The number of carbonyl (C=O) groups is 2. The van der Waals surface area contributed by atoms with Gasteiger partial charge in [-0.25, -0.2) is 9.59 Å². The van der Waals surface area contributed by atoms with Crippen molar-refractivity contribution in [3.05, 3.63) is 0 Å². The van der Waals surface area contributed by atoms with E-state index in [0.717, 1.165) is 39.3 Å². The van der Waals surface area contributed by atoms with E-state index in [2.05, 4.69) is 15.5 Å². The van der Waals surface area contributed by atoms with Crippen molar-refractivity contribution in [1.82, 2.24) is 15.5 Å². The maximum atomic E-state index is 11.4. The predicted octanol–water partition coefficient (Wildman–Crippen LogP) is -1.16. The Kier molecular flexibility index (Phi) is 7.93. The van der Waals surface area contributed by atoms with Gasteiger partial charge < -0.3 is 25.6 Å². The lowest BCUT2D eigenvalue weighted by Gasteiger charge is -2.26. The first-order valence-corrected chi connectivity index (χ1v) is 6.82. The van der Waals surface area contributed by atoms with Crippen LogP contribution in [0, 0.1) is 0 Å². The SMILES string of the molecule is O=C(NCCCN1CCOCC1)NCC[C@H](O)C(=O)O. The molecular weight excluding hydrogens is 266 g/mol. The number of carbonyl (C=O) groups excluding carboxylic acids is 1. The third kappa shape index (κ3) is 7.27. The number of carboxylic acid groups (broad SMARTS) is 1. The first-order valence-electron chi connectivity index (χ1n) is 6.82. The number of urea groups is 1. The summed E-state index contributed by atoms with van der Waals surface area (Å²) in [6.07, 6.45) is -0.585. The molecule has 1 saturated heterocycles. The Bertz CT molecular complexity index is 307. The lowest BCUT2D eigenvalue weighted by Crippen LogP contribution is -2.40. The van der Waals surface area contributed by atoms with Gasteiger partial charge in [0.25, 0.3) is 0 Å². The van der Waals surface area contributed by atoms with E-state index >= 15 is 0 Å². The molecule has 1 atom stereocenters. The number of hydrogen-bond acceptors (Lipinski definition) is 5. The number of carboxylic acids is 1. The quantitative estimate of drug-likeness (QED) is 0.420. The van der Waals surface area contributed by atoms with Crippen LogP contribution in [-0.2, 0) is 9.53 Å². The van der Waals surface area contributed by atoms with Crippen LogP contribution in [0.25, 0.3) is 0 Å². The van der Waals surface area contributed by atoms with Crippen LogP contribution in [-0.4, -0.2) is 79.2 Å². The van der Waals surface area contributed by atoms with Crippen molar-refractivity contribution in [2.45, 2.75) is 18.9 Å².